The highest BCUT2D eigenvalue weighted by Crippen LogP contribution is 2.33. The maximum atomic E-state index is 11.3. The maximum absolute atomic E-state index is 11.3. The molecule has 1 aromatic rings. The summed E-state index contributed by atoms with van der Waals surface area (Å²) in [6.45, 7) is 2.61. The molecule has 1 N–H and O–H groups in total. The Balaban J connectivity index is 2.19. The third kappa shape index (κ3) is 3.55. The van der Waals surface area contributed by atoms with Gasteiger partial charge in [0, 0.05) is 6.54 Å². The van der Waals surface area contributed by atoms with Gasteiger partial charge in [-0.3, -0.25) is 10.1 Å². The number of hydrogen-bond donors (Lipinski definition) is 1. The van der Waals surface area contributed by atoms with E-state index in [9.17, 15) is 10.1 Å². The van der Waals surface area contributed by atoms with Gasteiger partial charge in [-0.1, -0.05) is 13.3 Å². The summed E-state index contributed by atoms with van der Waals surface area (Å²) in [7, 11) is 0. The van der Waals surface area contributed by atoms with E-state index in [2.05, 4.69) is 15.3 Å². The Morgan fingerprint density at radius 2 is 2.15 bits per heavy atom. The Hall–Kier alpha value is -1.92. The van der Waals surface area contributed by atoms with Crippen molar-refractivity contribution in [2.75, 3.05) is 11.9 Å². The molecule has 0 aromatic carbocycles. The van der Waals surface area contributed by atoms with Gasteiger partial charge in [0.05, 0.1) is 4.92 Å². The van der Waals surface area contributed by atoms with Crippen LogP contribution in [-0.4, -0.2) is 27.5 Å². The van der Waals surface area contributed by atoms with Gasteiger partial charge in [-0.25, -0.2) is 4.98 Å². The van der Waals surface area contributed by atoms with Gasteiger partial charge in [-0.05, 0) is 32.1 Å². The maximum Gasteiger partial charge on any atom is 0.372 e. The lowest BCUT2D eigenvalue weighted by Crippen LogP contribution is -2.21. The summed E-state index contributed by atoms with van der Waals surface area (Å²) in [5.41, 5.74) is -0.161. The molecule has 0 bridgehead atoms. The van der Waals surface area contributed by atoms with Crippen LogP contribution in [0.2, 0.25) is 0 Å². The molecule has 110 valence electrons. The summed E-state index contributed by atoms with van der Waals surface area (Å²) in [6, 6.07) is 0. The Kier molecular flexibility index (Phi) is 5.09. The highest BCUT2D eigenvalue weighted by Gasteiger charge is 2.27. The molecule has 0 unspecified atom stereocenters. The number of anilines is 1. The second kappa shape index (κ2) is 7.02. The lowest BCUT2D eigenvalue weighted by atomic mass is 9.98. The molecule has 0 saturated heterocycles. The Morgan fingerprint density at radius 1 is 1.40 bits per heavy atom. The van der Waals surface area contributed by atoms with Crippen molar-refractivity contribution in [1.29, 1.82) is 0 Å². The molecule has 1 aliphatic rings. The first-order valence-electron chi connectivity index (χ1n) is 7.12. The molecule has 0 atom stereocenters. The largest absolute Gasteiger partial charge is 0.469 e. The van der Waals surface area contributed by atoms with Gasteiger partial charge in [-0.2, -0.15) is 4.98 Å². The molecular formula is C13H20N4O3. The molecule has 7 heteroatoms. The summed E-state index contributed by atoms with van der Waals surface area (Å²) in [6.07, 6.45) is 7.46. The number of nitro groups is 1. The zero-order valence-corrected chi connectivity index (χ0v) is 11.7. The van der Waals surface area contributed by atoms with Crippen molar-refractivity contribution >= 4 is 11.5 Å². The lowest BCUT2D eigenvalue weighted by Gasteiger charge is -2.22. The highest BCUT2D eigenvalue weighted by atomic mass is 16.6. The van der Waals surface area contributed by atoms with Crippen molar-refractivity contribution in [1.82, 2.24) is 9.97 Å². The third-order valence-electron chi connectivity index (χ3n) is 3.34. The van der Waals surface area contributed by atoms with Crippen LogP contribution in [0.25, 0.3) is 0 Å². The van der Waals surface area contributed by atoms with Gasteiger partial charge in [0.2, 0.25) is 5.82 Å². The standard InChI is InChI=1S/C13H20N4O3/c1-2-8-14-12-11(17(18)19)13(16-9-15-12)20-10-6-4-3-5-7-10/h9-10H,2-8H2,1H3,(H,14,15,16). The fraction of sp³-hybridized carbons (Fsp3) is 0.692. The average Bonchev–Trinajstić information content (AvgIpc) is 2.46. The zero-order valence-electron chi connectivity index (χ0n) is 11.7. The van der Waals surface area contributed by atoms with E-state index in [1.165, 1.54) is 12.7 Å². The fourth-order valence-electron chi connectivity index (χ4n) is 2.33. The van der Waals surface area contributed by atoms with Crippen LogP contribution in [0, 0.1) is 10.1 Å². The Morgan fingerprint density at radius 3 is 2.80 bits per heavy atom. The first-order valence-corrected chi connectivity index (χ1v) is 7.12. The van der Waals surface area contributed by atoms with Gasteiger partial charge in [0.15, 0.2) is 0 Å². The summed E-state index contributed by atoms with van der Waals surface area (Å²) in [5, 5.41) is 14.2. The number of hydrogen-bond acceptors (Lipinski definition) is 6. The minimum atomic E-state index is -0.476. The highest BCUT2D eigenvalue weighted by molar-refractivity contribution is 5.61. The van der Waals surface area contributed by atoms with E-state index in [-0.39, 0.29) is 23.5 Å². The molecule has 1 aromatic heterocycles. The van der Waals surface area contributed by atoms with E-state index in [1.54, 1.807) is 0 Å². The van der Waals surface area contributed by atoms with Crippen LogP contribution in [-0.2, 0) is 0 Å². The van der Waals surface area contributed by atoms with Crippen LogP contribution in [0.3, 0.4) is 0 Å². The van der Waals surface area contributed by atoms with Crippen molar-refractivity contribution in [2.24, 2.45) is 0 Å². The molecule has 1 saturated carbocycles. The summed E-state index contributed by atoms with van der Waals surface area (Å²) in [4.78, 5) is 18.7. The third-order valence-corrected chi connectivity index (χ3v) is 3.34. The van der Waals surface area contributed by atoms with Gasteiger partial charge in [0.1, 0.15) is 12.4 Å². The predicted molar refractivity (Wildman–Crippen MR) is 75.0 cm³/mol. The van der Waals surface area contributed by atoms with Crippen molar-refractivity contribution in [3.63, 3.8) is 0 Å². The first kappa shape index (κ1) is 14.5. The number of aromatic nitrogens is 2. The second-order valence-electron chi connectivity index (χ2n) is 4.94. The monoisotopic (exact) mass is 280 g/mol. The van der Waals surface area contributed by atoms with E-state index in [4.69, 9.17) is 4.74 Å². The summed E-state index contributed by atoms with van der Waals surface area (Å²) >= 11 is 0. The topological polar surface area (TPSA) is 90.2 Å². The van der Waals surface area contributed by atoms with Crippen LogP contribution in [0.15, 0.2) is 6.33 Å². The Bertz CT molecular complexity index is 461. The smallest absolute Gasteiger partial charge is 0.372 e. The predicted octanol–water partition coefficient (Wildman–Crippen LogP) is 2.92. The minimum Gasteiger partial charge on any atom is -0.469 e. The zero-order chi connectivity index (χ0) is 14.4. The minimum absolute atomic E-state index is 0.0244. The van der Waals surface area contributed by atoms with Crippen LogP contribution < -0.4 is 10.1 Å². The Labute approximate surface area is 117 Å². The van der Waals surface area contributed by atoms with Crippen LogP contribution in [0.1, 0.15) is 45.4 Å². The fourth-order valence-corrected chi connectivity index (χ4v) is 2.33. The molecule has 0 amide bonds. The molecule has 20 heavy (non-hydrogen) atoms. The summed E-state index contributed by atoms with van der Waals surface area (Å²) < 4.78 is 5.74. The second-order valence-corrected chi connectivity index (χ2v) is 4.94. The van der Waals surface area contributed by atoms with Crippen molar-refractivity contribution in [3.05, 3.63) is 16.4 Å². The molecule has 1 aliphatic carbocycles. The molecule has 1 fully saturated rings. The average molecular weight is 280 g/mol. The van der Waals surface area contributed by atoms with Crippen molar-refractivity contribution in [2.45, 2.75) is 51.6 Å². The van der Waals surface area contributed by atoms with E-state index >= 15 is 0 Å². The number of ether oxygens (including phenoxy) is 1. The van der Waals surface area contributed by atoms with E-state index in [0.717, 1.165) is 32.1 Å². The van der Waals surface area contributed by atoms with E-state index in [1.807, 2.05) is 6.92 Å². The molecule has 0 spiro atoms. The molecule has 2 rings (SSSR count). The first-order chi connectivity index (χ1) is 9.72. The van der Waals surface area contributed by atoms with Gasteiger partial charge >= 0.3 is 5.69 Å². The van der Waals surface area contributed by atoms with E-state index < -0.39 is 4.92 Å². The molecule has 0 radical (unpaired) electrons. The number of nitrogens with one attached hydrogen (secondary N) is 1. The van der Waals surface area contributed by atoms with Gasteiger partial charge in [0.25, 0.3) is 5.88 Å². The summed E-state index contributed by atoms with van der Waals surface area (Å²) in [5.74, 6) is 0.313. The SMILES string of the molecule is CCCNc1ncnc(OC2CCCCC2)c1[N+](=O)[O-]. The van der Waals surface area contributed by atoms with Crippen LogP contribution >= 0.6 is 0 Å². The van der Waals surface area contributed by atoms with Crippen LogP contribution in [0.4, 0.5) is 11.5 Å². The van der Waals surface area contributed by atoms with Gasteiger partial charge < -0.3 is 10.1 Å². The molecule has 0 aliphatic heterocycles. The quantitative estimate of drug-likeness (QED) is 0.636. The normalized spacial score (nSPS) is 15.8. The van der Waals surface area contributed by atoms with Gasteiger partial charge in [-0.15, -0.1) is 0 Å². The van der Waals surface area contributed by atoms with Crippen molar-refractivity contribution < 1.29 is 9.66 Å². The lowest BCUT2D eigenvalue weighted by molar-refractivity contribution is -0.385. The number of nitrogens with zero attached hydrogens (tertiary/aromatic N) is 3. The molecule has 1 heterocycles. The molecule has 7 nitrogen and oxygen atoms in total. The molecular weight excluding hydrogens is 260 g/mol. The van der Waals surface area contributed by atoms with Crippen LogP contribution in [0.5, 0.6) is 5.88 Å². The van der Waals surface area contributed by atoms with E-state index in [0.29, 0.717) is 6.54 Å². The number of rotatable bonds is 6. The van der Waals surface area contributed by atoms with Crippen molar-refractivity contribution in [3.8, 4) is 5.88 Å².